The van der Waals surface area contributed by atoms with Gasteiger partial charge in [0.1, 0.15) is 11.3 Å². The Hall–Kier alpha value is -3.18. The van der Waals surface area contributed by atoms with Gasteiger partial charge in [-0.25, -0.2) is 28.2 Å². The number of pyridine rings is 1. The molecular formula is C23H27F2N7O2. The van der Waals surface area contributed by atoms with E-state index in [1.54, 1.807) is 23.7 Å². The number of ether oxygens (including phenoxy) is 1. The highest BCUT2D eigenvalue weighted by molar-refractivity contribution is 5.82. The molecule has 1 saturated carbocycles. The summed E-state index contributed by atoms with van der Waals surface area (Å²) in [4.78, 5) is 13.5. The third-order valence-electron chi connectivity index (χ3n) is 6.25. The molecule has 34 heavy (non-hydrogen) atoms. The standard InChI is InChI=1S/C23H27F2N7O2/c1-14-27-19-7-6-18(29-22(19)31(14)13-21(24)25)17-8-9-32-20(17)12-26-23(30-32)28-15-2-4-16(5-3-15)34-11-10-33/h6-9,12,15-16,21,33H,2-5,10-11,13H2,1H3,(H,28,30). The van der Waals surface area contributed by atoms with E-state index in [2.05, 4.69) is 25.4 Å². The lowest BCUT2D eigenvalue weighted by atomic mass is 9.93. The number of fused-ring (bicyclic) bond motifs is 2. The number of aromatic nitrogens is 6. The Kier molecular flexibility index (Phi) is 6.38. The quantitative estimate of drug-likeness (QED) is 0.406. The van der Waals surface area contributed by atoms with Crippen molar-refractivity contribution in [2.24, 2.45) is 0 Å². The van der Waals surface area contributed by atoms with Crippen molar-refractivity contribution in [3.05, 3.63) is 36.4 Å². The van der Waals surface area contributed by atoms with Crippen LogP contribution in [0.1, 0.15) is 31.5 Å². The highest BCUT2D eigenvalue weighted by Crippen LogP contribution is 2.27. The fourth-order valence-electron chi connectivity index (χ4n) is 4.58. The third kappa shape index (κ3) is 4.58. The Morgan fingerprint density at radius 2 is 2.00 bits per heavy atom. The summed E-state index contributed by atoms with van der Waals surface area (Å²) in [7, 11) is 0. The number of nitrogens with zero attached hydrogens (tertiary/aromatic N) is 6. The van der Waals surface area contributed by atoms with Crippen LogP contribution in [0.2, 0.25) is 0 Å². The van der Waals surface area contributed by atoms with E-state index in [1.165, 1.54) is 4.57 Å². The summed E-state index contributed by atoms with van der Waals surface area (Å²) >= 11 is 0. The average Bonchev–Trinajstić information content (AvgIpc) is 3.38. The van der Waals surface area contributed by atoms with Crippen molar-refractivity contribution >= 4 is 22.6 Å². The first-order valence-corrected chi connectivity index (χ1v) is 11.5. The van der Waals surface area contributed by atoms with E-state index in [9.17, 15) is 8.78 Å². The van der Waals surface area contributed by atoms with Gasteiger partial charge in [0, 0.05) is 17.8 Å². The van der Waals surface area contributed by atoms with Crippen molar-refractivity contribution in [3.63, 3.8) is 0 Å². The SMILES string of the molecule is Cc1nc2ccc(-c3ccn4nc(NC5CCC(OCCO)CC5)ncc34)nc2n1CC(F)F. The number of aliphatic hydroxyl groups excluding tert-OH is 1. The molecule has 4 aromatic rings. The van der Waals surface area contributed by atoms with Gasteiger partial charge in [0.2, 0.25) is 5.95 Å². The van der Waals surface area contributed by atoms with Gasteiger partial charge in [0.25, 0.3) is 6.43 Å². The number of hydrogen-bond donors (Lipinski definition) is 2. The zero-order chi connectivity index (χ0) is 23.7. The van der Waals surface area contributed by atoms with E-state index in [1.807, 2.05) is 18.3 Å². The van der Waals surface area contributed by atoms with Gasteiger partial charge in [-0.3, -0.25) is 0 Å². The molecule has 11 heteroatoms. The smallest absolute Gasteiger partial charge is 0.256 e. The molecule has 180 valence electrons. The van der Waals surface area contributed by atoms with Crippen LogP contribution < -0.4 is 5.32 Å². The Balaban J connectivity index is 1.35. The Morgan fingerprint density at radius 1 is 1.18 bits per heavy atom. The Morgan fingerprint density at radius 3 is 2.76 bits per heavy atom. The van der Waals surface area contributed by atoms with Gasteiger partial charge in [-0.1, -0.05) is 0 Å². The fraction of sp³-hybridized carbons (Fsp3) is 0.478. The summed E-state index contributed by atoms with van der Waals surface area (Å²) in [5, 5.41) is 16.9. The predicted octanol–water partition coefficient (Wildman–Crippen LogP) is 3.45. The second-order valence-electron chi connectivity index (χ2n) is 8.55. The summed E-state index contributed by atoms with van der Waals surface area (Å²) in [6.07, 6.45) is 5.06. The summed E-state index contributed by atoms with van der Waals surface area (Å²) in [6.45, 7) is 1.69. The molecule has 0 radical (unpaired) electrons. The molecule has 4 heterocycles. The van der Waals surface area contributed by atoms with Crippen molar-refractivity contribution in [1.82, 2.24) is 29.1 Å². The van der Waals surface area contributed by atoms with Crippen LogP contribution in [-0.2, 0) is 11.3 Å². The van der Waals surface area contributed by atoms with Crippen LogP contribution >= 0.6 is 0 Å². The number of halogens is 2. The average molecular weight is 472 g/mol. The van der Waals surface area contributed by atoms with Crippen molar-refractivity contribution in [3.8, 4) is 11.3 Å². The van der Waals surface area contributed by atoms with E-state index >= 15 is 0 Å². The molecule has 0 bridgehead atoms. The van der Waals surface area contributed by atoms with E-state index in [0.29, 0.717) is 35.2 Å². The summed E-state index contributed by atoms with van der Waals surface area (Å²) < 4.78 is 34.9. The fourth-order valence-corrected chi connectivity index (χ4v) is 4.58. The lowest BCUT2D eigenvalue weighted by Crippen LogP contribution is -2.31. The van der Waals surface area contributed by atoms with Crippen LogP contribution in [0.3, 0.4) is 0 Å². The molecule has 0 saturated heterocycles. The molecule has 9 nitrogen and oxygen atoms in total. The number of aliphatic hydroxyl groups is 1. The van der Waals surface area contributed by atoms with Crippen LogP contribution in [0.15, 0.2) is 30.6 Å². The highest BCUT2D eigenvalue weighted by atomic mass is 19.3. The van der Waals surface area contributed by atoms with Gasteiger partial charge >= 0.3 is 0 Å². The lowest BCUT2D eigenvalue weighted by molar-refractivity contribution is 0.00719. The molecule has 5 rings (SSSR count). The first kappa shape index (κ1) is 22.6. The van der Waals surface area contributed by atoms with Gasteiger partial charge in [0.05, 0.1) is 43.3 Å². The molecule has 0 atom stereocenters. The van der Waals surface area contributed by atoms with E-state index in [4.69, 9.17) is 9.84 Å². The summed E-state index contributed by atoms with van der Waals surface area (Å²) in [5.74, 6) is 1.05. The summed E-state index contributed by atoms with van der Waals surface area (Å²) in [6, 6.07) is 5.80. The number of rotatable bonds is 8. The van der Waals surface area contributed by atoms with Crippen molar-refractivity contribution in [2.75, 3.05) is 18.5 Å². The second-order valence-corrected chi connectivity index (χ2v) is 8.55. The van der Waals surface area contributed by atoms with Crippen molar-refractivity contribution in [2.45, 2.75) is 57.7 Å². The summed E-state index contributed by atoms with van der Waals surface area (Å²) in [5.41, 5.74) is 3.26. The first-order chi connectivity index (χ1) is 16.5. The van der Waals surface area contributed by atoms with Gasteiger partial charge in [0.15, 0.2) is 5.65 Å². The van der Waals surface area contributed by atoms with Crippen molar-refractivity contribution in [1.29, 1.82) is 0 Å². The highest BCUT2D eigenvalue weighted by Gasteiger charge is 2.22. The first-order valence-electron chi connectivity index (χ1n) is 11.5. The van der Waals surface area contributed by atoms with E-state index in [0.717, 1.165) is 36.8 Å². The molecule has 0 aliphatic heterocycles. The molecule has 1 fully saturated rings. The number of aryl methyl sites for hydroxylation is 1. The third-order valence-corrected chi connectivity index (χ3v) is 6.25. The molecule has 1 aliphatic carbocycles. The molecule has 4 aromatic heterocycles. The van der Waals surface area contributed by atoms with E-state index < -0.39 is 13.0 Å². The maximum Gasteiger partial charge on any atom is 0.256 e. The van der Waals surface area contributed by atoms with Crippen LogP contribution in [0.4, 0.5) is 14.7 Å². The molecule has 0 spiro atoms. The van der Waals surface area contributed by atoms with Crippen LogP contribution in [-0.4, -0.2) is 66.0 Å². The normalized spacial score (nSPS) is 18.9. The van der Waals surface area contributed by atoms with Crippen LogP contribution in [0.25, 0.3) is 27.9 Å². The largest absolute Gasteiger partial charge is 0.394 e. The minimum atomic E-state index is -2.49. The maximum absolute atomic E-state index is 13.0. The van der Waals surface area contributed by atoms with Gasteiger partial charge in [-0.15, -0.1) is 5.10 Å². The van der Waals surface area contributed by atoms with Crippen LogP contribution in [0, 0.1) is 6.92 Å². The van der Waals surface area contributed by atoms with Crippen molar-refractivity contribution < 1.29 is 18.6 Å². The van der Waals surface area contributed by atoms with E-state index in [-0.39, 0.29) is 18.8 Å². The molecule has 0 unspecified atom stereocenters. The van der Waals surface area contributed by atoms with Crippen LogP contribution in [0.5, 0.6) is 0 Å². The minimum absolute atomic E-state index is 0.0489. The number of alkyl halides is 2. The monoisotopic (exact) mass is 471 g/mol. The Labute approximate surface area is 194 Å². The van der Waals surface area contributed by atoms with Gasteiger partial charge in [-0.05, 0) is 50.8 Å². The maximum atomic E-state index is 13.0. The zero-order valence-corrected chi connectivity index (χ0v) is 18.9. The van der Waals surface area contributed by atoms with Gasteiger partial charge in [-0.2, -0.15) is 0 Å². The molecule has 1 aliphatic rings. The predicted molar refractivity (Wildman–Crippen MR) is 123 cm³/mol. The molecule has 2 N–H and O–H groups in total. The van der Waals surface area contributed by atoms with Gasteiger partial charge < -0.3 is 19.7 Å². The zero-order valence-electron chi connectivity index (χ0n) is 18.9. The minimum Gasteiger partial charge on any atom is -0.394 e. The molecule has 0 amide bonds. The Bertz CT molecular complexity index is 1280. The number of nitrogens with one attached hydrogen (secondary N) is 1. The number of hydrogen-bond acceptors (Lipinski definition) is 7. The number of anilines is 1. The molecular weight excluding hydrogens is 444 g/mol. The second kappa shape index (κ2) is 9.59. The lowest BCUT2D eigenvalue weighted by Gasteiger charge is -2.28. The number of imidazole rings is 1. The topological polar surface area (TPSA) is 102 Å². The molecule has 0 aromatic carbocycles.